The van der Waals surface area contributed by atoms with Crippen molar-refractivity contribution in [2.75, 3.05) is 12.4 Å². The fraction of sp³-hybridized carbons (Fsp3) is 0.250. The Morgan fingerprint density at radius 2 is 1.90 bits per heavy atom. The molecule has 0 spiro atoms. The summed E-state index contributed by atoms with van der Waals surface area (Å²) in [7, 11) is 1.66. The number of ether oxygens (including phenoxy) is 1. The molecule has 0 heterocycles. The van der Waals surface area contributed by atoms with Gasteiger partial charge in [-0.3, -0.25) is 0 Å². The lowest BCUT2D eigenvalue weighted by molar-refractivity contribution is 0.416. The average Bonchev–Trinajstić information content (AvgIpc) is 2.46. The van der Waals surface area contributed by atoms with E-state index in [1.54, 1.807) is 19.2 Å². The van der Waals surface area contributed by atoms with Gasteiger partial charge in [0.1, 0.15) is 11.5 Å². The Balaban J connectivity index is 2.26. The number of methoxy groups -OCH3 is 1. The maximum atomic E-state index is 9.37. The fourth-order valence-corrected chi connectivity index (χ4v) is 2.47. The monoisotopic (exact) mass is 335 g/mol. The second-order valence-corrected chi connectivity index (χ2v) is 5.46. The van der Waals surface area contributed by atoms with Crippen LogP contribution in [0.5, 0.6) is 11.5 Å². The van der Waals surface area contributed by atoms with E-state index < -0.39 is 0 Å². The van der Waals surface area contributed by atoms with Gasteiger partial charge in [0.15, 0.2) is 0 Å². The molecule has 0 fully saturated rings. The first-order chi connectivity index (χ1) is 9.63. The molecular formula is C16H18BrNO2. The second kappa shape index (κ2) is 6.66. The molecule has 3 nitrogen and oxygen atoms in total. The largest absolute Gasteiger partial charge is 0.508 e. The third-order valence-corrected chi connectivity index (χ3v) is 3.69. The van der Waals surface area contributed by atoms with Crippen LogP contribution in [0.3, 0.4) is 0 Å². The molecule has 0 aliphatic carbocycles. The molecule has 1 unspecified atom stereocenters. The van der Waals surface area contributed by atoms with Crippen molar-refractivity contribution in [1.82, 2.24) is 0 Å². The van der Waals surface area contributed by atoms with Gasteiger partial charge >= 0.3 is 0 Å². The number of nitrogens with one attached hydrogen (secondary N) is 1. The number of aromatic hydroxyl groups is 1. The van der Waals surface area contributed by atoms with Gasteiger partial charge in [-0.2, -0.15) is 0 Å². The van der Waals surface area contributed by atoms with Crippen molar-refractivity contribution in [1.29, 1.82) is 0 Å². The van der Waals surface area contributed by atoms with Crippen molar-refractivity contribution < 1.29 is 9.84 Å². The quantitative estimate of drug-likeness (QED) is 0.830. The lowest BCUT2D eigenvalue weighted by Gasteiger charge is -2.20. The number of benzene rings is 2. The molecule has 2 aromatic carbocycles. The Bertz CT molecular complexity index is 569. The van der Waals surface area contributed by atoms with Gasteiger partial charge in [0.2, 0.25) is 0 Å². The highest BCUT2D eigenvalue weighted by Crippen LogP contribution is 2.32. The maximum absolute atomic E-state index is 9.37. The zero-order valence-electron chi connectivity index (χ0n) is 11.6. The van der Waals surface area contributed by atoms with Gasteiger partial charge < -0.3 is 15.2 Å². The van der Waals surface area contributed by atoms with Gasteiger partial charge in [0.05, 0.1) is 18.8 Å². The average molecular weight is 336 g/mol. The van der Waals surface area contributed by atoms with Crippen molar-refractivity contribution >= 4 is 21.6 Å². The number of hydrogen-bond donors (Lipinski definition) is 2. The van der Waals surface area contributed by atoms with Crippen LogP contribution in [-0.4, -0.2) is 12.2 Å². The second-order valence-electron chi connectivity index (χ2n) is 4.54. The summed E-state index contributed by atoms with van der Waals surface area (Å²) in [4.78, 5) is 0. The van der Waals surface area contributed by atoms with Gasteiger partial charge in [0.25, 0.3) is 0 Å². The predicted octanol–water partition coefficient (Wildman–Crippen LogP) is 4.73. The molecular weight excluding hydrogens is 318 g/mol. The van der Waals surface area contributed by atoms with Crippen molar-refractivity contribution in [2.45, 2.75) is 19.4 Å². The summed E-state index contributed by atoms with van der Waals surface area (Å²) in [6.45, 7) is 2.12. The van der Waals surface area contributed by atoms with Gasteiger partial charge in [0, 0.05) is 4.47 Å². The number of hydrogen-bond acceptors (Lipinski definition) is 3. The first-order valence-corrected chi connectivity index (χ1v) is 7.32. The third-order valence-electron chi connectivity index (χ3n) is 3.19. The number of anilines is 1. The van der Waals surface area contributed by atoms with E-state index in [9.17, 15) is 5.11 Å². The summed E-state index contributed by atoms with van der Waals surface area (Å²) in [5.74, 6) is 1.09. The van der Waals surface area contributed by atoms with Crippen LogP contribution in [0.25, 0.3) is 0 Å². The molecule has 1 atom stereocenters. The van der Waals surface area contributed by atoms with E-state index in [0.29, 0.717) is 0 Å². The van der Waals surface area contributed by atoms with Crippen LogP contribution in [-0.2, 0) is 0 Å². The minimum atomic E-state index is 0.166. The van der Waals surface area contributed by atoms with E-state index in [0.717, 1.165) is 27.9 Å². The number of halogens is 1. The predicted molar refractivity (Wildman–Crippen MR) is 85.5 cm³/mol. The van der Waals surface area contributed by atoms with E-state index in [2.05, 4.69) is 28.2 Å². The zero-order valence-corrected chi connectivity index (χ0v) is 13.1. The molecule has 0 aliphatic rings. The van der Waals surface area contributed by atoms with E-state index in [1.165, 1.54) is 0 Å². The van der Waals surface area contributed by atoms with E-state index >= 15 is 0 Å². The van der Waals surface area contributed by atoms with Gasteiger partial charge in [-0.25, -0.2) is 0 Å². The van der Waals surface area contributed by atoms with Crippen molar-refractivity contribution in [2.24, 2.45) is 0 Å². The summed E-state index contributed by atoms with van der Waals surface area (Å²) in [5.41, 5.74) is 2.08. The topological polar surface area (TPSA) is 41.5 Å². The van der Waals surface area contributed by atoms with Crippen LogP contribution < -0.4 is 10.1 Å². The summed E-state index contributed by atoms with van der Waals surface area (Å²) in [6.07, 6.45) is 0.931. The van der Waals surface area contributed by atoms with Crippen LogP contribution in [0.15, 0.2) is 46.9 Å². The highest BCUT2D eigenvalue weighted by Gasteiger charge is 2.12. The molecule has 4 heteroatoms. The van der Waals surface area contributed by atoms with Crippen molar-refractivity contribution in [3.63, 3.8) is 0 Å². The highest BCUT2D eigenvalue weighted by atomic mass is 79.9. The Morgan fingerprint density at radius 1 is 1.20 bits per heavy atom. The summed E-state index contributed by atoms with van der Waals surface area (Å²) >= 11 is 3.47. The number of rotatable bonds is 5. The summed E-state index contributed by atoms with van der Waals surface area (Å²) < 4.78 is 6.38. The van der Waals surface area contributed by atoms with Gasteiger partial charge in [-0.05, 0) is 42.3 Å². The first-order valence-electron chi connectivity index (χ1n) is 6.53. The lowest BCUT2D eigenvalue weighted by Crippen LogP contribution is -2.10. The Morgan fingerprint density at radius 3 is 2.50 bits per heavy atom. The van der Waals surface area contributed by atoms with Crippen LogP contribution >= 0.6 is 15.9 Å². The molecule has 0 saturated heterocycles. The standard InChI is InChI=1S/C16H18BrNO2/c1-3-14(11-4-7-13(19)8-5-11)18-15-10-12(17)6-9-16(15)20-2/h4-10,14,18-19H,3H2,1-2H3. The Hall–Kier alpha value is -1.68. The molecule has 0 bridgehead atoms. The minimum absolute atomic E-state index is 0.166. The molecule has 0 aliphatic heterocycles. The molecule has 0 aromatic heterocycles. The molecule has 20 heavy (non-hydrogen) atoms. The molecule has 0 amide bonds. The van der Waals surface area contributed by atoms with E-state index in [-0.39, 0.29) is 11.8 Å². The molecule has 2 N–H and O–H groups in total. The normalized spacial score (nSPS) is 11.9. The van der Waals surface area contributed by atoms with Crippen LogP contribution in [0, 0.1) is 0 Å². The summed E-state index contributed by atoms with van der Waals surface area (Å²) in [5, 5.41) is 12.9. The third kappa shape index (κ3) is 3.45. The highest BCUT2D eigenvalue weighted by molar-refractivity contribution is 9.10. The molecule has 106 valence electrons. The number of phenolic OH excluding ortho intramolecular Hbond substituents is 1. The van der Waals surface area contributed by atoms with Crippen molar-refractivity contribution in [3.05, 3.63) is 52.5 Å². The SMILES string of the molecule is CCC(Nc1cc(Br)ccc1OC)c1ccc(O)cc1. The van der Waals surface area contributed by atoms with Gasteiger partial charge in [-0.15, -0.1) is 0 Å². The molecule has 2 rings (SSSR count). The summed E-state index contributed by atoms with van der Waals surface area (Å²) in [6, 6.07) is 13.3. The smallest absolute Gasteiger partial charge is 0.142 e. The van der Waals surface area contributed by atoms with Crippen molar-refractivity contribution in [3.8, 4) is 11.5 Å². The Labute approximate surface area is 127 Å². The zero-order chi connectivity index (χ0) is 14.5. The molecule has 2 aromatic rings. The first kappa shape index (κ1) is 14.7. The fourth-order valence-electron chi connectivity index (χ4n) is 2.11. The van der Waals surface area contributed by atoms with Crippen LogP contribution in [0.4, 0.5) is 5.69 Å². The van der Waals surface area contributed by atoms with Gasteiger partial charge in [-0.1, -0.05) is 35.0 Å². The lowest BCUT2D eigenvalue weighted by atomic mass is 10.0. The van der Waals surface area contributed by atoms with Crippen LogP contribution in [0.2, 0.25) is 0 Å². The minimum Gasteiger partial charge on any atom is -0.508 e. The van der Waals surface area contributed by atoms with Crippen LogP contribution in [0.1, 0.15) is 24.9 Å². The maximum Gasteiger partial charge on any atom is 0.142 e. The van der Waals surface area contributed by atoms with E-state index in [4.69, 9.17) is 4.74 Å². The molecule has 0 saturated carbocycles. The number of phenols is 1. The van der Waals surface area contributed by atoms with E-state index in [1.807, 2.05) is 30.3 Å². The molecule has 0 radical (unpaired) electrons. The Kier molecular flexibility index (Phi) is 4.90.